The minimum Gasteiger partial charge on any atom is -0.349 e. The van der Waals surface area contributed by atoms with Crippen LogP contribution in [0.4, 0.5) is 0 Å². The summed E-state index contributed by atoms with van der Waals surface area (Å²) < 4.78 is 0.939. The number of amides is 1. The van der Waals surface area contributed by atoms with Crippen LogP contribution in [0.3, 0.4) is 0 Å². The van der Waals surface area contributed by atoms with E-state index in [2.05, 4.69) is 37.2 Å². The zero-order valence-electron chi connectivity index (χ0n) is 9.46. The van der Waals surface area contributed by atoms with Gasteiger partial charge in [-0.1, -0.05) is 37.9 Å². The molecule has 1 aliphatic rings. The fraction of sp³-hybridized carbons (Fsp3) is 0.462. The zero-order chi connectivity index (χ0) is 12.3. The Morgan fingerprint density at radius 2 is 1.94 bits per heavy atom. The number of alkyl halides is 1. The molecule has 92 valence electrons. The quantitative estimate of drug-likeness (QED) is 0.796. The summed E-state index contributed by atoms with van der Waals surface area (Å²) in [5.74, 6) is 0.0318. The standard InChI is InChI=1S/C13H15Br2NO/c14-10-4-6-12(7-5-10)16-13(17)9-2-1-3-11(15)8-9/h1-3,8,10,12H,4-7H2,(H,16,17). The van der Waals surface area contributed by atoms with Crippen molar-refractivity contribution >= 4 is 37.8 Å². The zero-order valence-corrected chi connectivity index (χ0v) is 12.6. The van der Waals surface area contributed by atoms with Crippen LogP contribution in [0.25, 0.3) is 0 Å². The van der Waals surface area contributed by atoms with Crippen LogP contribution in [0.1, 0.15) is 36.0 Å². The maximum Gasteiger partial charge on any atom is 0.251 e. The highest BCUT2D eigenvalue weighted by molar-refractivity contribution is 9.10. The van der Waals surface area contributed by atoms with Gasteiger partial charge in [0, 0.05) is 20.9 Å². The first-order valence-electron chi connectivity index (χ1n) is 5.85. The van der Waals surface area contributed by atoms with Gasteiger partial charge in [-0.15, -0.1) is 0 Å². The SMILES string of the molecule is O=C(NC1CCC(Br)CC1)c1cccc(Br)c1. The molecule has 0 spiro atoms. The van der Waals surface area contributed by atoms with Crippen molar-refractivity contribution in [2.75, 3.05) is 0 Å². The Labute approximate surface area is 118 Å². The molecule has 1 aromatic carbocycles. The second-order valence-corrected chi connectivity index (χ2v) is 6.64. The summed E-state index contributed by atoms with van der Waals surface area (Å²) >= 11 is 6.99. The number of benzene rings is 1. The molecule has 0 heterocycles. The summed E-state index contributed by atoms with van der Waals surface area (Å²) in [7, 11) is 0. The molecule has 0 radical (unpaired) electrons. The number of carbonyl (C=O) groups excluding carboxylic acids is 1. The molecule has 1 N–H and O–H groups in total. The maximum absolute atomic E-state index is 12.0. The average Bonchev–Trinajstić information content (AvgIpc) is 2.32. The lowest BCUT2D eigenvalue weighted by molar-refractivity contribution is 0.0928. The lowest BCUT2D eigenvalue weighted by Crippen LogP contribution is -2.37. The molecule has 4 heteroatoms. The highest BCUT2D eigenvalue weighted by Gasteiger charge is 2.20. The maximum atomic E-state index is 12.0. The summed E-state index contributed by atoms with van der Waals surface area (Å²) in [6.07, 6.45) is 4.41. The largest absolute Gasteiger partial charge is 0.349 e. The molecule has 2 nitrogen and oxygen atoms in total. The Morgan fingerprint density at radius 1 is 1.24 bits per heavy atom. The molecule has 1 aliphatic carbocycles. The molecule has 0 bridgehead atoms. The second kappa shape index (κ2) is 6.01. The van der Waals surface area contributed by atoms with E-state index in [-0.39, 0.29) is 5.91 Å². The van der Waals surface area contributed by atoms with Crippen LogP contribution in [0.2, 0.25) is 0 Å². The van der Waals surface area contributed by atoms with E-state index in [1.165, 1.54) is 0 Å². The normalized spacial score (nSPS) is 24.4. The minimum atomic E-state index is 0.0318. The molecular weight excluding hydrogens is 346 g/mol. The van der Waals surface area contributed by atoms with Crippen LogP contribution in [0.5, 0.6) is 0 Å². The molecule has 1 aromatic rings. The van der Waals surface area contributed by atoms with E-state index in [0.717, 1.165) is 35.7 Å². The van der Waals surface area contributed by atoms with E-state index in [4.69, 9.17) is 0 Å². The molecule has 1 saturated carbocycles. The summed E-state index contributed by atoms with van der Waals surface area (Å²) in [6, 6.07) is 7.83. The van der Waals surface area contributed by atoms with E-state index >= 15 is 0 Å². The predicted molar refractivity (Wildman–Crippen MR) is 76.6 cm³/mol. The Morgan fingerprint density at radius 3 is 2.59 bits per heavy atom. The van der Waals surface area contributed by atoms with Gasteiger partial charge in [-0.2, -0.15) is 0 Å². The minimum absolute atomic E-state index is 0.0318. The van der Waals surface area contributed by atoms with Crippen molar-refractivity contribution in [3.8, 4) is 0 Å². The molecular formula is C13H15Br2NO. The van der Waals surface area contributed by atoms with Crippen molar-refractivity contribution < 1.29 is 4.79 Å². The van der Waals surface area contributed by atoms with Gasteiger partial charge in [-0.3, -0.25) is 4.79 Å². The first-order chi connectivity index (χ1) is 8.15. The van der Waals surface area contributed by atoms with E-state index < -0.39 is 0 Å². The van der Waals surface area contributed by atoms with Gasteiger partial charge in [0.1, 0.15) is 0 Å². The first-order valence-corrected chi connectivity index (χ1v) is 7.56. The Hall–Kier alpha value is -0.350. The van der Waals surface area contributed by atoms with Crippen LogP contribution in [0, 0.1) is 0 Å². The van der Waals surface area contributed by atoms with Gasteiger partial charge in [0.15, 0.2) is 0 Å². The fourth-order valence-corrected chi connectivity index (χ4v) is 3.02. The predicted octanol–water partition coefficient (Wildman–Crippen LogP) is 3.89. The molecule has 2 rings (SSSR count). The van der Waals surface area contributed by atoms with Gasteiger partial charge >= 0.3 is 0 Å². The number of hydrogen-bond acceptors (Lipinski definition) is 1. The van der Waals surface area contributed by atoms with E-state index in [0.29, 0.717) is 10.9 Å². The second-order valence-electron chi connectivity index (χ2n) is 4.43. The monoisotopic (exact) mass is 359 g/mol. The molecule has 0 atom stereocenters. The highest BCUT2D eigenvalue weighted by Crippen LogP contribution is 2.24. The fourth-order valence-electron chi connectivity index (χ4n) is 2.10. The Balaban J connectivity index is 1.93. The van der Waals surface area contributed by atoms with Crippen LogP contribution in [-0.4, -0.2) is 16.8 Å². The van der Waals surface area contributed by atoms with Crippen molar-refractivity contribution in [2.24, 2.45) is 0 Å². The molecule has 1 fully saturated rings. The van der Waals surface area contributed by atoms with E-state index in [1.807, 2.05) is 24.3 Å². The van der Waals surface area contributed by atoms with Gasteiger partial charge in [0.2, 0.25) is 0 Å². The summed E-state index contributed by atoms with van der Waals surface area (Å²) in [5.41, 5.74) is 0.723. The van der Waals surface area contributed by atoms with Crippen molar-refractivity contribution in [1.82, 2.24) is 5.32 Å². The van der Waals surface area contributed by atoms with Gasteiger partial charge in [-0.25, -0.2) is 0 Å². The van der Waals surface area contributed by atoms with Crippen molar-refractivity contribution in [2.45, 2.75) is 36.6 Å². The van der Waals surface area contributed by atoms with Crippen LogP contribution in [0.15, 0.2) is 28.7 Å². The highest BCUT2D eigenvalue weighted by atomic mass is 79.9. The molecule has 0 unspecified atom stereocenters. The van der Waals surface area contributed by atoms with Crippen LogP contribution < -0.4 is 5.32 Å². The third-order valence-electron chi connectivity index (χ3n) is 3.08. The number of rotatable bonds is 2. The number of nitrogens with one attached hydrogen (secondary N) is 1. The summed E-state index contributed by atoms with van der Waals surface area (Å²) in [6.45, 7) is 0. The van der Waals surface area contributed by atoms with Crippen molar-refractivity contribution in [3.05, 3.63) is 34.3 Å². The molecule has 0 aliphatic heterocycles. The lowest BCUT2D eigenvalue weighted by Gasteiger charge is -2.26. The number of halogens is 2. The van der Waals surface area contributed by atoms with Crippen molar-refractivity contribution in [3.63, 3.8) is 0 Å². The third-order valence-corrected chi connectivity index (χ3v) is 4.49. The average molecular weight is 361 g/mol. The first kappa shape index (κ1) is 13.1. The van der Waals surface area contributed by atoms with Gasteiger partial charge in [0.25, 0.3) is 5.91 Å². The summed E-state index contributed by atoms with van der Waals surface area (Å²) in [4.78, 5) is 12.6. The summed E-state index contributed by atoms with van der Waals surface area (Å²) in [5, 5.41) is 3.10. The Bertz CT molecular complexity index is 400. The van der Waals surface area contributed by atoms with E-state index in [9.17, 15) is 4.79 Å². The smallest absolute Gasteiger partial charge is 0.251 e. The molecule has 0 aromatic heterocycles. The molecule has 1 amide bonds. The van der Waals surface area contributed by atoms with E-state index in [1.54, 1.807) is 0 Å². The van der Waals surface area contributed by atoms with Crippen LogP contribution in [-0.2, 0) is 0 Å². The third kappa shape index (κ3) is 3.81. The van der Waals surface area contributed by atoms with Gasteiger partial charge < -0.3 is 5.32 Å². The lowest BCUT2D eigenvalue weighted by atomic mass is 9.95. The molecule has 17 heavy (non-hydrogen) atoms. The Kier molecular flexibility index (Phi) is 4.62. The number of carbonyl (C=O) groups is 1. The topological polar surface area (TPSA) is 29.1 Å². The van der Waals surface area contributed by atoms with Gasteiger partial charge in [0.05, 0.1) is 0 Å². The number of hydrogen-bond donors (Lipinski definition) is 1. The van der Waals surface area contributed by atoms with Crippen molar-refractivity contribution in [1.29, 1.82) is 0 Å². The van der Waals surface area contributed by atoms with Crippen LogP contribution >= 0.6 is 31.9 Å². The van der Waals surface area contributed by atoms with Gasteiger partial charge in [-0.05, 0) is 43.9 Å². The molecule has 0 saturated heterocycles.